The molecule has 2 heteroatoms. The molecule has 0 spiro atoms. The molecule has 166 valence electrons. The van der Waals surface area contributed by atoms with Crippen molar-refractivity contribution in [3.8, 4) is 0 Å². The van der Waals surface area contributed by atoms with E-state index in [-0.39, 0.29) is 17.9 Å². The summed E-state index contributed by atoms with van der Waals surface area (Å²) in [4.78, 5) is 0. The van der Waals surface area contributed by atoms with E-state index in [9.17, 15) is 0 Å². The maximum Gasteiger partial charge on any atom is 0.0373 e. The molecule has 0 bridgehead atoms. The fourth-order valence-corrected chi connectivity index (χ4v) is 4.85. The molecular formula is C30H36N2. The fraction of sp³-hybridized carbons (Fsp3) is 0.267. The average molecular weight is 425 g/mol. The van der Waals surface area contributed by atoms with Crippen LogP contribution in [0.15, 0.2) is 120 Å². The van der Waals surface area contributed by atoms with Gasteiger partial charge < -0.3 is 11.5 Å². The second-order valence-electron chi connectivity index (χ2n) is 8.52. The van der Waals surface area contributed by atoms with Gasteiger partial charge in [0.25, 0.3) is 0 Å². The molecule has 0 heterocycles. The molecule has 4 atom stereocenters. The summed E-state index contributed by atoms with van der Waals surface area (Å²) in [7, 11) is 0. The Hall–Kier alpha value is -2.94. The Kier molecular flexibility index (Phi) is 8.61. The van der Waals surface area contributed by atoms with Gasteiger partial charge >= 0.3 is 0 Å². The standard InChI is InChI=1S/C30H36N2/c1-4-13-27(24-15-7-5-8-16-24)23(3)29-28(25-17-9-6-10-18-25)20-19-26(30(29)32)22(2)14-11-12-21-31/h4-15,17-20,23-24,29-30H,1,16,21,31-32H2,2-3H3/b12-11-,22-14+,27-13+/t23?,24-,29?,30?/m0/s1. The van der Waals surface area contributed by atoms with E-state index >= 15 is 0 Å². The van der Waals surface area contributed by atoms with Crippen LogP contribution in [0.25, 0.3) is 5.57 Å². The van der Waals surface area contributed by atoms with Gasteiger partial charge in [0.1, 0.15) is 0 Å². The molecule has 3 unspecified atom stereocenters. The molecule has 4 N–H and O–H groups in total. The van der Waals surface area contributed by atoms with Crippen molar-refractivity contribution in [2.75, 3.05) is 6.54 Å². The highest BCUT2D eigenvalue weighted by Gasteiger charge is 2.36. The number of allylic oxidation sites excluding steroid dienone is 11. The molecule has 0 saturated carbocycles. The van der Waals surface area contributed by atoms with Gasteiger partial charge in [0.15, 0.2) is 0 Å². The minimum atomic E-state index is -0.107. The van der Waals surface area contributed by atoms with Crippen molar-refractivity contribution in [2.24, 2.45) is 29.2 Å². The van der Waals surface area contributed by atoms with Gasteiger partial charge in [-0.15, -0.1) is 0 Å². The second kappa shape index (κ2) is 11.6. The first-order valence-corrected chi connectivity index (χ1v) is 11.5. The maximum atomic E-state index is 7.04. The Labute approximate surface area is 193 Å². The number of benzene rings is 1. The van der Waals surface area contributed by atoms with Gasteiger partial charge in [-0.25, -0.2) is 0 Å². The van der Waals surface area contributed by atoms with Gasteiger partial charge in [0.2, 0.25) is 0 Å². The number of hydrogen-bond acceptors (Lipinski definition) is 2. The highest BCUT2D eigenvalue weighted by atomic mass is 14.7. The third-order valence-corrected chi connectivity index (χ3v) is 6.51. The fourth-order valence-electron chi connectivity index (χ4n) is 4.85. The predicted octanol–water partition coefficient (Wildman–Crippen LogP) is 6.30. The van der Waals surface area contributed by atoms with Gasteiger partial charge in [0.05, 0.1) is 0 Å². The largest absolute Gasteiger partial charge is 0.327 e. The van der Waals surface area contributed by atoms with Crippen molar-refractivity contribution in [3.63, 3.8) is 0 Å². The van der Waals surface area contributed by atoms with E-state index in [1.807, 2.05) is 18.2 Å². The zero-order valence-corrected chi connectivity index (χ0v) is 19.3. The smallest absolute Gasteiger partial charge is 0.0373 e. The minimum absolute atomic E-state index is 0.107. The van der Waals surface area contributed by atoms with Crippen molar-refractivity contribution >= 4 is 5.57 Å². The number of hydrogen-bond donors (Lipinski definition) is 2. The molecule has 0 amide bonds. The molecule has 0 saturated heterocycles. The molecule has 0 aliphatic heterocycles. The Morgan fingerprint density at radius 3 is 2.59 bits per heavy atom. The third-order valence-electron chi connectivity index (χ3n) is 6.51. The van der Waals surface area contributed by atoms with E-state index < -0.39 is 0 Å². The molecule has 1 aromatic rings. The van der Waals surface area contributed by atoms with Crippen LogP contribution in [0.5, 0.6) is 0 Å². The van der Waals surface area contributed by atoms with E-state index in [1.54, 1.807) is 0 Å². The summed E-state index contributed by atoms with van der Waals surface area (Å²) in [6.45, 7) is 8.98. The molecule has 0 fully saturated rings. The van der Waals surface area contributed by atoms with Crippen LogP contribution in [-0.2, 0) is 0 Å². The van der Waals surface area contributed by atoms with Gasteiger partial charge in [-0.3, -0.25) is 0 Å². The number of rotatable bonds is 8. The monoisotopic (exact) mass is 424 g/mol. The minimum Gasteiger partial charge on any atom is -0.327 e. The topological polar surface area (TPSA) is 52.0 Å². The second-order valence-corrected chi connectivity index (χ2v) is 8.52. The Morgan fingerprint density at radius 2 is 1.94 bits per heavy atom. The highest BCUT2D eigenvalue weighted by Crippen LogP contribution is 2.43. The van der Waals surface area contributed by atoms with Crippen molar-refractivity contribution in [1.82, 2.24) is 0 Å². The van der Waals surface area contributed by atoms with Crippen LogP contribution in [0, 0.1) is 17.8 Å². The summed E-state index contributed by atoms with van der Waals surface area (Å²) >= 11 is 0. The van der Waals surface area contributed by atoms with Crippen LogP contribution in [-0.4, -0.2) is 12.6 Å². The zero-order valence-electron chi connectivity index (χ0n) is 19.3. The Bertz CT molecular complexity index is 999. The molecule has 1 aromatic carbocycles. The molecule has 0 radical (unpaired) electrons. The van der Waals surface area contributed by atoms with Gasteiger partial charge in [-0.05, 0) is 41.5 Å². The molecule has 2 aliphatic carbocycles. The summed E-state index contributed by atoms with van der Waals surface area (Å²) in [5.41, 5.74) is 18.9. The first-order chi connectivity index (χ1) is 15.6. The SMILES string of the molecule is C=C/C=C(\C(C)C1C(c2ccccc2)=CC=C(/C(C)=C/C=C\CN)C1N)[C@H]1C=CC=CC1. The lowest BCUT2D eigenvalue weighted by Gasteiger charge is -2.39. The lowest BCUT2D eigenvalue weighted by molar-refractivity contribution is 0.421. The highest BCUT2D eigenvalue weighted by molar-refractivity contribution is 5.73. The lowest BCUT2D eigenvalue weighted by Crippen LogP contribution is -2.40. The molecule has 3 rings (SSSR count). The third kappa shape index (κ3) is 5.45. The van der Waals surface area contributed by atoms with Crippen LogP contribution in [0.4, 0.5) is 0 Å². The quantitative estimate of drug-likeness (QED) is 0.481. The van der Waals surface area contributed by atoms with E-state index in [1.165, 1.54) is 27.9 Å². The van der Waals surface area contributed by atoms with Crippen LogP contribution in [0.3, 0.4) is 0 Å². The molecule has 0 aromatic heterocycles. The summed E-state index contributed by atoms with van der Waals surface area (Å²) in [5.74, 6) is 0.784. The van der Waals surface area contributed by atoms with Gasteiger partial charge in [-0.2, -0.15) is 0 Å². The maximum absolute atomic E-state index is 7.04. The Morgan fingerprint density at radius 1 is 1.16 bits per heavy atom. The van der Waals surface area contributed by atoms with Crippen LogP contribution in [0.2, 0.25) is 0 Å². The van der Waals surface area contributed by atoms with Crippen LogP contribution >= 0.6 is 0 Å². The van der Waals surface area contributed by atoms with E-state index in [4.69, 9.17) is 11.5 Å². The lowest BCUT2D eigenvalue weighted by atomic mass is 9.67. The average Bonchev–Trinajstić information content (AvgIpc) is 2.83. The van der Waals surface area contributed by atoms with Gasteiger partial charge in [0, 0.05) is 24.4 Å². The van der Waals surface area contributed by atoms with Crippen molar-refractivity contribution in [2.45, 2.75) is 26.3 Å². The van der Waals surface area contributed by atoms with E-state index in [0.717, 1.165) is 6.42 Å². The van der Waals surface area contributed by atoms with Crippen LogP contribution < -0.4 is 11.5 Å². The van der Waals surface area contributed by atoms with Crippen LogP contribution in [0.1, 0.15) is 25.8 Å². The normalized spacial score (nSPS) is 24.9. The first kappa shape index (κ1) is 23.7. The summed E-state index contributed by atoms with van der Waals surface area (Å²) in [5, 5.41) is 0. The van der Waals surface area contributed by atoms with Crippen molar-refractivity contribution in [3.05, 3.63) is 126 Å². The molecule has 2 aliphatic rings. The predicted molar refractivity (Wildman–Crippen MR) is 140 cm³/mol. The van der Waals surface area contributed by atoms with E-state index in [0.29, 0.717) is 12.5 Å². The Balaban J connectivity index is 2.05. The summed E-state index contributed by atoms with van der Waals surface area (Å²) in [6, 6.07) is 10.5. The van der Waals surface area contributed by atoms with Crippen molar-refractivity contribution < 1.29 is 0 Å². The van der Waals surface area contributed by atoms with Crippen molar-refractivity contribution in [1.29, 1.82) is 0 Å². The summed E-state index contributed by atoms with van der Waals surface area (Å²) < 4.78 is 0. The van der Waals surface area contributed by atoms with Gasteiger partial charge in [-0.1, -0.05) is 116 Å². The van der Waals surface area contributed by atoms with E-state index in [2.05, 4.69) is 99.4 Å². The molecule has 32 heavy (non-hydrogen) atoms. The molecule has 2 nitrogen and oxygen atoms in total. The number of nitrogens with two attached hydrogens (primary N) is 2. The zero-order chi connectivity index (χ0) is 22.9. The summed E-state index contributed by atoms with van der Waals surface area (Å²) in [6.07, 6.45) is 24.5. The molecular weight excluding hydrogens is 388 g/mol. The first-order valence-electron chi connectivity index (χ1n) is 11.5.